The topological polar surface area (TPSA) is 23.5 Å². The smallest absolute Gasteiger partial charge is 0.0802 e. The Labute approximate surface area is 79.5 Å². The molecule has 12 heavy (non-hydrogen) atoms. The molecule has 1 N–H and O–H groups in total. The van der Waals surface area contributed by atoms with Crippen molar-refractivity contribution in [3.63, 3.8) is 0 Å². The van der Waals surface area contributed by atoms with Crippen molar-refractivity contribution >= 4 is 11.6 Å². The highest BCUT2D eigenvalue weighted by Gasteiger charge is 2.17. The summed E-state index contributed by atoms with van der Waals surface area (Å²) >= 11 is 5.53. The van der Waals surface area contributed by atoms with Crippen molar-refractivity contribution in [1.82, 2.24) is 4.90 Å². The lowest BCUT2D eigenvalue weighted by molar-refractivity contribution is 0.100. The van der Waals surface area contributed by atoms with Crippen molar-refractivity contribution < 1.29 is 5.11 Å². The van der Waals surface area contributed by atoms with E-state index >= 15 is 0 Å². The summed E-state index contributed by atoms with van der Waals surface area (Å²) in [6.07, 6.45) is 2.24. The Morgan fingerprint density at radius 1 is 1.67 bits per heavy atom. The number of alkyl halides is 1. The van der Waals surface area contributed by atoms with Gasteiger partial charge in [-0.1, -0.05) is 6.92 Å². The van der Waals surface area contributed by atoms with Gasteiger partial charge in [0.2, 0.25) is 0 Å². The van der Waals surface area contributed by atoms with Gasteiger partial charge in [-0.05, 0) is 25.3 Å². The zero-order chi connectivity index (χ0) is 8.97. The average molecular weight is 192 g/mol. The molecule has 1 heterocycles. The minimum Gasteiger partial charge on any atom is -0.391 e. The molecule has 0 aromatic heterocycles. The van der Waals surface area contributed by atoms with E-state index in [-0.39, 0.29) is 6.10 Å². The van der Waals surface area contributed by atoms with Crippen LogP contribution >= 0.6 is 11.6 Å². The average Bonchev–Trinajstić information content (AvgIpc) is 2.04. The molecule has 2 nitrogen and oxygen atoms in total. The lowest BCUT2D eigenvalue weighted by Gasteiger charge is -2.31. The summed E-state index contributed by atoms with van der Waals surface area (Å²) in [7, 11) is 0. The van der Waals surface area contributed by atoms with Crippen LogP contribution in [0.4, 0.5) is 0 Å². The van der Waals surface area contributed by atoms with Crippen LogP contribution in [-0.4, -0.2) is 41.6 Å². The van der Waals surface area contributed by atoms with Gasteiger partial charge in [0.05, 0.1) is 6.10 Å². The molecule has 0 aliphatic carbocycles. The van der Waals surface area contributed by atoms with E-state index in [9.17, 15) is 5.11 Å². The highest BCUT2D eigenvalue weighted by Crippen LogP contribution is 2.15. The summed E-state index contributed by atoms with van der Waals surface area (Å²) in [6, 6.07) is 0. The number of rotatable bonds is 3. The maximum absolute atomic E-state index is 9.32. The summed E-state index contributed by atoms with van der Waals surface area (Å²) in [5.41, 5.74) is 0. The van der Waals surface area contributed by atoms with Gasteiger partial charge in [0, 0.05) is 19.0 Å². The monoisotopic (exact) mass is 191 g/mol. The second kappa shape index (κ2) is 5.05. The Balaban J connectivity index is 2.22. The highest BCUT2D eigenvalue weighted by atomic mass is 35.5. The molecular formula is C9H18ClNO. The van der Waals surface area contributed by atoms with Crippen molar-refractivity contribution in [2.24, 2.45) is 5.92 Å². The molecule has 0 radical (unpaired) electrons. The van der Waals surface area contributed by atoms with Gasteiger partial charge in [0.15, 0.2) is 0 Å². The number of likely N-dealkylation sites (tertiary alicyclic amines) is 1. The van der Waals surface area contributed by atoms with Crippen LogP contribution in [-0.2, 0) is 0 Å². The molecule has 72 valence electrons. The number of aliphatic hydroxyl groups is 1. The number of halogens is 1. The van der Waals surface area contributed by atoms with E-state index in [4.69, 9.17) is 11.6 Å². The van der Waals surface area contributed by atoms with Crippen molar-refractivity contribution in [3.05, 3.63) is 0 Å². The zero-order valence-electron chi connectivity index (χ0n) is 7.67. The van der Waals surface area contributed by atoms with E-state index in [1.165, 1.54) is 12.8 Å². The predicted octanol–water partition coefficient (Wildman–Crippen LogP) is 1.32. The summed E-state index contributed by atoms with van der Waals surface area (Å²) in [5.74, 6) is 1.13. The van der Waals surface area contributed by atoms with Gasteiger partial charge in [0.1, 0.15) is 0 Å². The summed E-state index contributed by atoms with van der Waals surface area (Å²) in [5, 5.41) is 9.32. The van der Waals surface area contributed by atoms with Crippen molar-refractivity contribution in [3.8, 4) is 0 Å². The van der Waals surface area contributed by atoms with Gasteiger partial charge in [-0.25, -0.2) is 0 Å². The van der Waals surface area contributed by atoms with Gasteiger partial charge < -0.3 is 10.0 Å². The maximum atomic E-state index is 9.32. The fraction of sp³-hybridized carbons (Fsp3) is 1.00. The van der Waals surface area contributed by atoms with Crippen molar-refractivity contribution in [2.75, 3.05) is 25.5 Å². The Morgan fingerprint density at radius 3 is 3.00 bits per heavy atom. The van der Waals surface area contributed by atoms with Gasteiger partial charge in [-0.15, -0.1) is 11.6 Å². The van der Waals surface area contributed by atoms with Crippen LogP contribution in [0.1, 0.15) is 19.8 Å². The minimum absolute atomic E-state index is 0.350. The lowest BCUT2D eigenvalue weighted by atomic mass is 10.0. The van der Waals surface area contributed by atoms with E-state index in [0.29, 0.717) is 5.88 Å². The van der Waals surface area contributed by atoms with Gasteiger partial charge >= 0.3 is 0 Å². The fourth-order valence-corrected chi connectivity index (χ4v) is 1.90. The molecule has 0 spiro atoms. The SMILES string of the molecule is CC1CCCN(CC(O)CCl)C1. The molecule has 0 saturated carbocycles. The van der Waals surface area contributed by atoms with Crippen LogP contribution in [0, 0.1) is 5.92 Å². The molecular weight excluding hydrogens is 174 g/mol. The summed E-state index contributed by atoms with van der Waals surface area (Å²) in [6.45, 7) is 5.25. The van der Waals surface area contributed by atoms with E-state index < -0.39 is 0 Å². The minimum atomic E-state index is -0.350. The van der Waals surface area contributed by atoms with Gasteiger partial charge in [0.25, 0.3) is 0 Å². The Hall–Kier alpha value is 0.210. The summed E-state index contributed by atoms with van der Waals surface area (Å²) < 4.78 is 0. The zero-order valence-corrected chi connectivity index (χ0v) is 8.43. The number of hydrogen-bond donors (Lipinski definition) is 1. The molecule has 2 unspecified atom stereocenters. The summed E-state index contributed by atoms with van der Waals surface area (Å²) in [4.78, 5) is 2.31. The molecule has 0 aromatic carbocycles. The van der Waals surface area contributed by atoms with E-state index in [0.717, 1.165) is 25.6 Å². The van der Waals surface area contributed by atoms with E-state index in [1.54, 1.807) is 0 Å². The van der Waals surface area contributed by atoms with Gasteiger partial charge in [-0.2, -0.15) is 0 Å². The molecule has 2 atom stereocenters. The Bertz CT molecular complexity index is 132. The fourth-order valence-electron chi connectivity index (χ4n) is 1.80. The van der Waals surface area contributed by atoms with Crippen LogP contribution in [0.15, 0.2) is 0 Å². The van der Waals surface area contributed by atoms with E-state index in [2.05, 4.69) is 11.8 Å². The Kier molecular flexibility index (Phi) is 4.33. The number of β-amino-alcohol motifs (C(OH)–C–C–N with tert-alkyl or cyclic N) is 1. The third-order valence-corrected chi connectivity index (χ3v) is 2.74. The molecule has 0 amide bonds. The first-order valence-electron chi connectivity index (χ1n) is 4.68. The van der Waals surface area contributed by atoms with E-state index in [1.807, 2.05) is 0 Å². The van der Waals surface area contributed by atoms with Crippen LogP contribution in [0.2, 0.25) is 0 Å². The van der Waals surface area contributed by atoms with Gasteiger partial charge in [-0.3, -0.25) is 0 Å². The van der Waals surface area contributed by atoms with Crippen LogP contribution in [0.5, 0.6) is 0 Å². The molecule has 3 heteroatoms. The largest absolute Gasteiger partial charge is 0.391 e. The number of nitrogens with zero attached hydrogens (tertiary/aromatic N) is 1. The van der Waals surface area contributed by atoms with Crippen LogP contribution in [0.25, 0.3) is 0 Å². The molecule has 1 rings (SSSR count). The van der Waals surface area contributed by atoms with Crippen LogP contribution < -0.4 is 0 Å². The first-order valence-corrected chi connectivity index (χ1v) is 5.22. The Morgan fingerprint density at radius 2 is 2.42 bits per heavy atom. The molecule has 0 bridgehead atoms. The predicted molar refractivity (Wildman–Crippen MR) is 51.6 cm³/mol. The normalized spacial score (nSPS) is 28.8. The maximum Gasteiger partial charge on any atom is 0.0802 e. The first kappa shape index (κ1) is 10.3. The van der Waals surface area contributed by atoms with Crippen molar-refractivity contribution in [2.45, 2.75) is 25.9 Å². The molecule has 1 fully saturated rings. The second-order valence-electron chi connectivity index (χ2n) is 3.82. The molecule has 1 aliphatic heterocycles. The first-order chi connectivity index (χ1) is 5.72. The number of aliphatic hydroxyl groups excluding tert-OH is 1. The number of piperidine rings is 1. The number of hydrogen-bond acceptors (Lipinski definition) is 2. The molecule has 1 saturated heterocycles. The second-order valence-corrected chi connectivity index (χ2v) is 4.12. The highest BCUT2D eigenvalue weighted by molar-refractivity contribution is 6.18. The quantitative estimate of drug-likeness (QED) is 0.681. The third-order valence-electron chi connectivity index (χ3n) is 2.39. The molecule has 1 aliphatic rings. The van der Waals surface area contributed by atoms with Crippen LogP contribution in [0.3, 0.4) is 0 Å². The third kappa shape index (κ3) is 3.30. The lowest BCUT2D eigenvalue weighted by Crippen LogP contribution is -2.39. The molecule has 0 aromatic rings. The van der Waals surface area contributed by atoms with Crippen molar-refractivity contribution in [1.29, 1.82) is 0 Å². The standard InChI is InChI=1S/C9H18ClNO/c1-8-3-2-4-11(6-8)7-9(12)5-10/h8-9,12H,2-7H2,1H3.